The molecule has 8 nitrogen and oxygen atoms in total. The lowest BCUT2D eigenvalue weighted by molar-refractivity contribution is -0.132. The Labute approximate surface area is 137 Å². The number of aliphatic hydroxyl groups is 4. The molecule has 0 aliphatic rings. The average molecular weight is 338 g/mol. The molecule has 0 aliphatic carbocycles. The maximum Gasteiger partial charge on any atom is 0.327 e. The molecule has 0 aromatic carbocycles. The van der Waals surface area contributed by atoms with Gasteiger partial charge in [0, 0.05) is 25.4 Å². The molecule has 0 spiro atoms. The Morgan fingerprint density at radius 2 is 1.09 bits per heavy atom. The average Bonchev–Trinajstić information content (AvgIpc) is 2.53. The molecular formula is C15H30O8. The van der Waals surface area contributed by atoms with Gasteiger partial charge in [-0.15, -0.1) is 0 Å². The van der Waals surface area contributed by atoms with E-state index in [1.165, 1.54) is 6.92 Å². The SMILES string of the molecule is C=CC(=O)O.C=CC(=O)O.CC(O)CO.OCCCCCCO. The molecule has 0 saturated heterocycles. The third-order valence-corrected chi connectivity index (χ3v) is 1.68. The predicted molar refractivity (Wildman–Crippen MR) is 87.1 cm³/mol. The van der Waals surface area contributed by atoms with E-state index in [1.807, 2.05) is 0 Å². The lowest BCUT2D eigenvalue weighted by atomic mass is 10.2. The van der Waals surface area contributed by atoms with E-state index in [0.717, 1.165) is 37.8 Å². The van der Waals surface area contributed by atoms with Crippen molar-refractivity contribution in [3.05, 3.63) is 25.3 Å². The van der Waals surface area contributed by atoms with Crippen LogP contribution in [0.5, 0.6) is 0 Å². The van der Waals surface area contributed by atoms with Gasteiger partial charge in [0.05, 0.1) is 12.7 Å². The molecule has 0 aliphatic heterocycles. The monoisotopic (exact) mass is 338 g/mol. The second-order valence-electron chi connectivity index (χ2n) is 3.98. The van der Waals surface area contributed by atoms with Gasteiger partial charge in [0.1, 0.15) is 0 Å². The first-order chi connectivity index (χ1) is 10.7. The van der Waals surface area contributed by atoms with Gasteiger partial charge in [-0.05, 0) is 19.8 Å². The molecule has 0 fully saturated rings. The van der Waals surface area contributed by atoms with Crippen molar-refractivity contribution >= 4 is 11.9 Å². The smallest absolute Gasteiger partial charge is 0.327 e. The van der Waals surface area contributed by atoms with Crippen LogP contribution < -0.4 is 0 Å². The number of carbonyl (C=O) groups is 2. The molecule has 1 unspecified atom stereocenters. The summed E-state index contributed by atoms with van der Waals surface area (Å²) in [7, 11) is 0. The van der Waals surface area contributed by atoms with Gasteiger partial charge in [-0.2, -0.15) is 0 Å². The molecule has 0 radical (unpaired) electrons. The van der Waals surface area contributed by atoms with E-state index < -0.39 is 18.0 Å². The number of aliphatic hydroxyl groups excluding tert-OH is 4. The molecule has 0 heterocycles. The van der Waals surface area contributed by atoms with Gasteiger partial charge in [0.15, 0.2) is 0 Å². The van der Waals surface area contributed by atoms with E-state index in [9.17, 15) is 9.59 Å². The third-order valence-electron chi connectivity index (χ3n) is 1.68. The minimum absolute atomic E-state index is 0.139. The molecule has 138 valence electrons. The molecule has 0 aromatic rings. The molecule has 0 saturated carbocycles. The van der Waals surface area contributed by atoms with Gasteiger partial charge in [-0.25, -0.2) is 9.59 Å². The van der Waals surface area contributed by atoms with E-state index in [1.54, 1.807) is 0 Å². The van der Waals surface area contributed by atoms with Crippen molar-refractivity contribution in [3.63, 3.8) is 0 Å². The van der Waals surface area contributed by atoms with Crippen LogP contribution in [-0.4, -0.2) is 68.5 Å². The van der Waals surface area contributed by atoms with Crippen LogP contribution in [0.4, 0.5) is 0 Å². The van der Waals surface area contributed by atoms with Gasteiger partial charge in [0.2, 0.25) is 0 Å². The summed E-state index contributed by atoms with van der Waals surface area (Å²) in [6.45, 7) is 7.88. The van der Waals surface area contributed by atoms with Gasteiger partial charge < -0.3 is 30.6 Å². The van der Waals surface area contributed by atoms with Crippen molar-refractivity contribution in [1.82, 2.24) is 0 Å². The fraction of sp³-hybridized carbons (Fsp3) is 0.600. The van der Waals surface area contributed by atoms with E-state index in [4.69, 9.17) is 30.6 Å². The molecule has 1 atom stereocenters. The van der Waals surface area contributed by atoms with Crippen molar-refractivity contribution in [2.75, 3.05) is 19.8 Å². The van der Waals surface area contributed by atoms with Crippen LogP contribution in [0.3, 0.4) is 0 Å². The minimum Gasteiger partial charge on any atom is -0.478 e. The van der Waals surface area contributed by atoms with Crippen LogP contribution in [0.2, 0.25) is 0 Å². The first-order valence-corrected chi connectivity index (χ1v) is 6.94. The third kappa shape index (κ3) is 78.8. The van der Waals surface area contributed by atoms with Crippen molar-refractivity contribution in [1.29, 1.82) is 0 Å². The van der Waals surface area contributed by atoms with Crippen LogP contribution in [0.1, 0.15) is 32.6 Å². The molecule has 23 heavy (non-hydrogen) atoms. The number of unbranched alkanes of at least 4 members (excludes halogenated alkanes) is 3. The quantitative estimate of drug-likeness (QED) is 0.274. The minimum atomic E-state index is -0.981. The number of rotatable bonds is 8. The summed E-state index contributed by atoms with van der Waals surface area (Å²) in [6.07, 6.45) is 4.93. The highest BCUT2D eigenvalue weighted by Gasteiger charge is 1.84. The number of carboxylic acids is 2. The Morgan fingerprint density at radius 3 is 1.17 bits per heavy atom. The molecule has 0 bridgehead atoms. The van der Waals surface area contributed by atoms with Gasteiger partial charge in [-0.3, -0.25) is 0 Å². The second-order valence-corrected chi connectivity index (χ2v) is 3.98. The highest BCUT2D eigenvalue weighted by molar-refractivity contribution is 5.79. The maximum absolute atomic E-state index is 9.25. The van der Waals surface area contributed by atoms with E-state index >= 15 is 0 Å². The fourth-order valence-electron chi connectivity index (χ4n) is 0.577. The van der Waals surface area contributed by atoms with Gasteiger partial charge in [0.25, 0.3) is 0 Å². The Hall–Kier alpha value is -1.74. The van der Waals surface area contributed by atoms with Crippen LogP contribution in [0, 0.1) is 0 Å². The van der Waals surface area contributed by atoms with Gasteiger partial charge >= 0.3 is 11.9 Å². The summed E-state index contributed by atoms with van der Waals surface area (Å²) >= 11 is 0. The normalized spacial score (nSPS) is 9.43. The number of hydrogen-bond donors (Lipinski definition) is 6. The predicted octanol–water partition coefficient (Wildman–Crippen LogP) is 0.405. The summed E-state index contributed by atoms with van der Waals surface area (Å²) in [5.41, 5.74) is 0. The number of carboxylic acid groups (broad SMARTS) is 2. The van der Waals surface area contributed by atoms with Crippen LogP contribution in [0.15, 0.2) is 25.3 Å². The van der Waals surface area contributed by atoms with Crippen molar-refractivity contribution in [3.8, 4) is 0 Å². The summed E-state index contributed by atoms with van der Waals surface area (Å²) in [4.78, 5) is 18.5. The highest BCUT2D eigenvalue weighted by Crippen LogP contribution is 1.96. The molecule has 0 rings (SSSR count). The summed E-state index contributed by atoms with van der Waals surface area (Å²) in [5.74, 6) is -1.96. The zero-order valence-electron chi connectivity index (χ0n) is 13.6. The Balaban J connectivity index is -0.000000108. The number of aliphatic carboxylic acids is 2. The zero-order valence-corrected chi connectivity index (χ0v) is 13.6. The first kappa shape index (κ1) is 29.3. The summed E-state index contributed by atoms with van der Waals surface area (Å²) in [6, 6.07) is 0. The van der Waals surface area contributed by atoms with Crippen LogP contribution in [0.25, 0.3) is 0 Å². The fourth-order valence-corrected chi connectivity index (χ4v) is 0.577. The van der Waals surface area contributed by atoms with Crippen LogP contribution in [-0.2, 0) is 9.59 Å². The Bertz CT molecular complexity index is 253. The lowest BCUT2D eigenvalue weighted by Crippen LogP contribution is -2.03. The Morgan fingerprint density at radius 1 is 0.870 bits per heavy atom. The molecule has 6 N–H and O–H groups in total. The highest BCUT2D eigenvalue weighted by atomic mass is 16.4. The molecule has 0 amide bonds. The topological polar surface area (TPSA) is 156 Å². The van der Waals surface area contributed by atoms with Crippen molar-refractivity contribution in [2.45, 2.75) is 38.7 Å². The molecular weight excluding hydrogens is 308 g/mol. The first-order valence-electron chi connectivity index (χ1n) is 6.94. The largest absolute Gasteiger partial charge is 0.478 e. The molecule has 0 aromatic heterocycles. The zero-order chi connectivity index (χ0) is 19.1. The summed E-state index contributed by atoms with van der Waals surface area (Å²) < 4.78 is 0. The number of hydrogen-bond acceptors (Lipinski definition) is 6. The van der Waals surface area contributed by atoms with E-state index in [2.05, 4.69) is 13.2 Å². The lowest BCUT2D eigenvalue weighted by Gasteiger charge is -1.93. The van der Waals surface area contributed by atoms with Crippen molar-refractivity contribution in [2.24, 2.45) is 0 Å². The van der Waals surface area contributed by atoms with Crippen LogP contribution >= 0.6 is 0 Å². The summed E-state index contributed by atoms with van der Waals surface area (Å²) in [5, 5.41) is 47.8. The second kappa shape index (κ2) is 28.4. The van der Waals surface area contributed by atoms with E-state index in [-0.39, 0.29) is 19.8 Å². The Kier molecular flexibility index (Phi) is 36.2. The molecule has 8 heteroatoms. The van der Waals surface area contributed by atoms with Crippen molar-refractivity contribution < 1.29 is 40.2 Å². The maximum atomic E-state index is 9.25. The standard InChI is InChI=1S/C6H14O2.C3H8O2.2C3H4O2/c7-5-3-1-2-4-6-8;1-3(5)2-4;2*1-2-3(4)5/h7-8H,1-6H2;3-5H,2H2,1H3;2*2H,1H2,(H,4,5). The van der Waals surface area contributed by atoms with E-state index in [0.29, 0.717) is 0 Å². The van der Waals surface area contributed by atoms with Gasteiger partial charge in [-0.1, -0.05) is 26.0 Å².